The van der Waals surface area contributed by atoms with Crippen molar-refractivity contribution in [3.63, 3.8) is 0 Å². The molecular weight excluding hydrogens is 496 g/mol. The van der Waals surface area contributed by atoms with Crippen molar-refractivity contribution in [2.24, 2.45) is 0 Å². The molecule has 12 heteroatoms. The highest BCUT2D eigenvalue weighted by Gasteiger charge is 2.02. The van der Waals surface area contributed by atoms with Gasteiger partial charge < -0.3 is 38.5 Å². The molecule has 0 aromatic carbocycles. The third kappa shape index (κ3) is 22.3. The highest BCUT2D eigenvalue weighted by atomic mass is 16.6. The van der Waals surface area contributed by atoms with Crippen molar-refractivity contribution in [1.29, 1.82) is 0 Å². The van der Waals surface area contributed by atoms with Gasteiger partial charge in [-0.25, -0.2) is 4.68 Å². The van der Waals surface area contributed by atoms with Gasteiger partial charge in [0.1, 0.15) is 0 Å². The SMILES string of the molecule is CCCCC(=O)NCCOCCOCCOCCOCCOCCOCCc1cn(CCOCCC)nn1. The standard InChI is InChI=1S/C26H50N4O8/c1-3-5-6-26(31)27-8-12-34-15-17-36-19-21-38-23-22-37-20-18-35-16-14-33-11-7-25-24-30(29-28-25)9-13-32-10-4-2/h24H,3-23H2,1-2H3,(H,27,31). The molecule has 1 amide bonds. The lowest BCUT2D eigenvalue weighted by atomic mass is 10.2. The summed E-state index contributed by atoms with van der Waals surface area (Å²) in [5.41, 5.74) is 0.911. The van der Waals surface area contributed by atoms with Gasteiger partial charge in [-0.1, -0.05) is 25.5 Å². The molecule has 0 saturated heterocycles. The van der Waals surface area contributed by atoms with Gasteiger partial charge in [0, 0.05) is 32.2 Å². The van der Waals surface area contributed by atoms with Gasteiger partial charge in [-0.2, -0.15) is 0 Å². The topological polar surface area (TPSA) is 124 Å². The van der Waals surface area contributed by atoms with E-state index in [1.54, 1.807) is 4.68 Å². The Labute approximate surface area is 227 Å². The third-order valence-corrected chi connectivity index (χ3v) is 5.09. The maximum Gasteiger partial charge on any atom is 0.220 e. The van der Waals surface area contributed by atoms with Crippen LogP contribution in [0.15, 0.2) is 6.20 Å². The van der Waals surface area contributed by atoms with Crippen LogP contribution in [0, 0.1) is 0 Å². The molecule has 0 saturated carbocycles. The van der Waals surface area contributed by atoms with Crippen LogP contribution in [0.4, 0.5) is 0 Å². The van der Waals surface area contributed by atoms with Gasteiger partial charge in [-0.3, -0.25) is 4.79 Å². The number of ether oxygens (including phenoxy) is 7. The summed E-state index contributed by atoms with van der Waals surface area (Å²) in [6.07, 6.45) is 6.20. The third-order valence-electron chi connectivity index (χ3n) is 5.09. The molecule has 1 rings (SSSR count). The van der Waals surface area contributed by atoms with Crippen molar-refractivity contribution in [2.45, 2.75) is 52.5 Å². The number of aromatic nitrogens is 3. The van der Waals surface area contributed by atoms with Crippen molar-refractivity contribution in [3.05, 3.63) is 11.9 Å². The molecule has 0 atom stereocenters. The van der Waals surface area contributed by atoms with Crippen LogP contribution < -0.4 is 5.32 Å². The Kier molecular flexibility index (Phi) is 24.3. The van der Waals surface area contributed by atoms with Crippen LogP contribution in [0.3, 0.4) is 0 Å². The van der Waals surface area contributed by atoms with Crippen LogP contribution in [0.5, 0.6) is 0 Å². The van der Waals surface area contributed by atoms with E-state index in [9.17, 15) is 4.79 Å². The van der Waals surface area contributed by atoms with E-state index in [-0.39, 0.29) is 5.91 Å². The fourth-order valence-electron chi connectivity index (χ4n) is 3.03. The number of hydrogen-bond acceptors (Lipinski definition) is 10. The lowest BCUT2D eigenvalue weighted by molar-refractivity contribution is -0.121. The number of carbonyl (C=O) groups is 1. The number of rotatable bonds is 29. The number of carbonyl (C=O) groups excluding carboxylic acids is 1. The molecule has 0 aliphatic heterocycles. The van der Waals surface area contributed by atoms with E-state index in [1.165, 1.54) is 0 Å². The van der Waals surface area contributed by atoms with Crippen molar-refractivity contribution < 1.29 is 38.0 Å². The molecule has 0 radical (unpaired) electrons. The smallest absolute Gasteiger partial charge is 0.220 e. The molecule has 1 aromatic rings. The molecule has 222 valence electrons. The molecule has 1 aromatic heterocycles. The summed E-state index contributed by atoms with van der Waals surface area (Å²) >= 11 is 0. The van der Waals surface area contributed by atoms with Gasteiger partial charge in [0.15, 0.2) is 0 Å². The Bertz CT molecular complexity index is 651. The Morgan fingerprint density at radius 1 is 0.711 bits per heavy atom. The second-order valence-electron chi connectivity index (χ2n) is 8.46. The predicted octanol–water partition coefficient (Wildman–Crippen LogP) is 1.65. The van der Waals surface area contributed by atoms with E-state index in [4.69, 9.17) is 33.2 Å². The van der Waals surface area contributed by atoms with Crippen LogP contribution in [-0.4, -0.2) is 120 Å². The molecule has 0 fully saturated rings. The quantitative estimate of drug-likeness (QED) is 0.148. The van der Waals surface area contributed by atoms with Gasteiger partial charge in [-0.05, 0) is 12.8 Å². The fourth-order valence-corrected chi connectivity index (χ4v) is 3.03. The number of nitrogens with one attached hydrogen (secondary N) is 1. The number of unbranched alkanes of at least 4 members (excludes halogenated alkanes) is 1. The minimum absolute atomic E-state index is 0.0834. The van der Waals surface area contributed by atoms with Gasteiger partial charge in [0.25, 0.3) is 0 Å². The van der Waals surface area contributed by atoms with Crippen LogP contribution in [0.1, 0.15) is 45.2 Å². The monoisotopic (exact) mass is 546 g/mol. The first kappa shape index (κ1) is 34.4. The molecule has 0 spiro atoms. The van der Waals surface area contributed by atoms with Crippen molar-refractivity contribution in [2.75, 3.05) is 99.0 Å². The molecule has 1 N–H and O–H groups in total. The molecule has 0 unspecified atom stereocenters. The normalized spacial score (nSPS) is 11.3. The summed E-state index contributed by atoms with van der Waals surface area (Å²) in [7, 11) is 0. The Morgan fingerprint density at radius 2 is 1.24 bits per heavy atom. The second-order valence-corrected chi connectivity index (χ2v) is 8.46. The summed E-state index contributed by atoms with van der Waals surface area (Å²) in [5, 5.41) is 11.1. The predicted molar refractivity (Wildman–Crippen MR) is 142 cm³/mol. The van der Waals surface area contributed by atoms with E-state index < -0.39 is 0 Å². The largest absolute Gasteiger partial charge is 0.380 e. The van der Waals surface area contributed by atoms with Crippen LogP contribution in [0.25, 0.3) is 0 Å². The van der Waals surface area contributed by atoms with Gasteiger partial charge >= 0.3 is 0 Å². The summed E-state index contributed by atoms with van der Waals surface area (Å²) in [6.45, 7) is 13.0. The molecular formula is C26H50N4O8. The van der Waals surface area contributed by atoms with Crippen molar-refractivity contribution in [1.82, 2.24) is 20.3 Å². The molecule has 1 heterocycles. The van der Waals surface area contributed by atoms with Gasteiger partial charge in [0.05, 0.1) is 98.1 Å². The number of hydrogen-bond donors (Lipinski definition) is 1. The summed E-state index contributed by atoms with van der Waals surface area (Å²) in [6, 6.07) is 0. The lowest BCUT2D eigenvalue weighted by Crippen LogP contribution is -2.27. The number of nitrogens with zero attached hydrogens (tertiary/aromatic N) is 3. The molecule has 0 aliphatic carbocycles. The van der Waals surface area contributed by atoms with Gasteiger partial charge in [0.2, 0.25) is 5.91 Å². The fraction of sp³-hybridized carbons (Fsp3) is 0.885. The Morgan fingerprint density at radius 3 is 1.79 bits per heavy atom. The average Bonchev–Trinajstić information content (AvgIpc) is 3.38. The summed E-state index contributed by atoms with van der Waals surface area (Å²) in [5.74, 6) is 0.0834. The highest BCUT2D eigenvalue weighted by Crippen LogP contribution is 1.96. The zero-order valence-electron chi connectivity index (χ0n) is 23.5. The van der Waals surface area contributed by atoms with E-state index in [1.807, 2.05) is 6.20 Å². The maximum absolute atomic E-state index is 11.4. The van der Waals surface area contributed by atoms with E-state index in [0.29, 0.717) is 105 Å². The minimum atomic E-state index is 0.0834. The lowest BCUT2D eigenvalue weighted by Gasteiger charge is -2.08. The van der Waals surface area contributed by atoms with Crippen LogP contribution >= 0.6 is 0 Å². The Balaban J connectivity index is 1.73. The first-order valence-corrected chi connectivity index (χ1v) is 14.0. The van der Waals surface area contributed by atoms with Crippen LogP contribution in [-0.2, 0) is 50.9 Å². The zero-order valence-corrected chi connectivity index (χ0v) is 23.5. The maximum atomic E-state index is 11.4. The molecule has 12 nitrogen and oxygen atoms in total. The van der Waals surface area contributed by atoms with Crippen LogP contribution in [0.2, 0.25) is 0 Å². The number of amides is 1. The average molecular weight is 547 g/mol. The highest BCUT2D eigenvalue weighted by molar-refractivity contribution is 5.75. The van der Waals surface area contributed by atoms with E-state index >= 15 is 0 Å². The minimum Gasteiger partial charge on any atom is -0.380 e. The summed E-state index contributed by atoms with van der Waals surface area (Å²) < 4.78 is 40.1. The summed E-state index contributed by atoms with van der Waals surface area (Å²) in [4.78, 5) is 11.4. The first-order valence-electron chi connectivity index (χ1n) is 14.0. The van der Waals surface area contributed by atoms with Crippen molar-refractivity contribution in [3.8, 4) is 0 Å². The first-order chi connectivity index (χ1) is 18.8. The van der Waals surface area contributed by atoms with Crippen molar-refractivity contribution >= 4 is 5.91 Å². The molecule has 38 heavy (non-hydrogen) atoms. The zero-order chi connectivity index (χ0) is 27.4. The van der Waals surface area contributed by atoms with E-state index in [2.05, 4.69) is 29.5 Å². The van der Waals surface area contributed by atoms with E-state index in [0.717, 1.165) is 38.0 Å². The second kappa shape index (κ2) is 26.9. The molecule has 0 aliphatic rings. The van der Waals surface area contributed by atoms with Gasteiger partial charge in [-0.15, -0.1) is 5.10 Å². The Hall–Kier alpha value is -1.67. The molecule has 0 bridgehead atoms.